The Kier molecular flexibility index (Phi) is 4.02. The lowest BCUT2D eigenvalue weighted by Gasteiger charge is -2.11. The van der Waals surface area contributed by atoms with Crippen LogP contribution in [0.2, 0.25) is 0 Å². The Bertz CT molecular complexity index is 779. The maximum atomic E-state index is 9.49. The first-order chi connectivity index (χ1) is 10.7. The van der Waals surface area contributed by atoms with Crippen LogP contribution >= 0.6 is 0 Å². The molecule has 0 fully saturated rings. The Hall–Kier alpha value is -2.46. The van der Waals surface area contributed by atoms with E-state index in [1.807, 2.05) is 43.3 Å². The summed E-state index contributed by atoms with van der Waals surface area (Å²) in [5, 5.41) is 13.9. The predicted molar refractivity (Wildman–Crippen MR) is 86.1 cm³/mol. The number of rotatable bonds is 5. The molecule has 3 rings (SSSR count). The van der Waals surface area contributed by atoms with Gasteiger partial charge in [0.2, 0.25) is 0 Å². The van der Waals surface area contributed by atoms with E-state index < -0.39 is 0 Å². The lowest BCUT2D eigenvalue weighted by Crippen LogP contribution is -2.17. The number of nitrogens with one attached hydrogen (secondary N) is 1. The molecular formula is C18H19NO3. The summed E-state index contributed by atoms with van der Waals surface area (Å²) in [6, 6.07) is 15.2. The molecule has 2 N–H and O–H groups in total. The standard InChI is InChI=1S/C18H19NO3/c1-12(19-11-13-5-3-7-15(20)9-13)17-10-14-6-4-8-16(21-2)18(14)22-17/h3-10,12,19-20H,11H2,1-2H3/t12-/m1/s1. The maximum Gasteiger partial charge on any atom is 0.176 e. The second-order valence-corrected chi connectivity index (χ2v) is 5.30. The van der Waals surface area contributed by atoms with Crippen LogP contribution < -0.4 is 10.1 Å². The van der Waals surface area contributed by atoms with Gasteiger partial charge in [-0.05, 0) is 36.8 Å². The number of aromatic hydroxyl groups is 1. The van der Waals surface area contributed by atoms with Crippen LogP contribution in [0, 0.1) is 0 Å². The molecule has 0 aliphatic carbocycles. The SMILES string of the molecule is COc1cccc2cc([C@@H](C)NCc3cccc(O)c3)oc12. The van der Waals surface area contributed by atoms with E-state index in [-0.39, 0.29) is 11.8 Å². The van der Waals surface area contributed by atoms with Gasteiger partial charge >= 0.3 is 0 Å². The number of methoxy groups -OCH3 is 1. The third-order valence-electron chi connectivity index (χ3n) is 3.70. The van der Waals surface area contributed by atoms with E-state index in [2.05, 4.69) is 5.32 Å². The van der Waals surface area contributed by atoms with Crippen LogP contribution in [0.15, 0.2) is 52.9 Å². The molecule has 0 unspecified atom stereocenters. The number of furan rings is 1. The van der Waals surface area contributed by atoms with Crippen LogP contribution in [0.3, 0.4) is 0 Å². The summed E-state index contributed by atoms with van der Waals surface area (Å²) in [5.41, 5.74) is 1.80. The van der Waals surface area contributed by atoms with Crippen LogP contribution in [-0.2, 0) is 6.54 Å². The summed E-state index contributed by atoms with van der Waals surface area (Å²) in [6.07, 6.45) is 0. The molecule has 4 heteroatoms. The van der Waals surface area contributed by atoms with Gasteiger partial charge in [-0.15, -0.1) is 0 Å². The number of para-hydroxylation sites is 1. The Morgan fingerprint density at radius 2 is 2.00 bits per heavy atom. The van der Waals surface area contributed by atoms with Crippen LogP contribution in [0.4, 0.5) is 0 Å². The number of hydrogen-bond acceptors (Lipinski definition) is 4. The zero-order chi connectivity index (χ0) is 15.5. The molecule has 0 spiro atoms. The van der Waals surface area contributed by atoms with Gasteiger partial charge in [0.15, 0.2) is 11.3 Å². The molecule has 0 saturated heterocycles. The third kappa shape index (κ3) is 2.92. The minimum Gasteiger partial charge on any atom is -0.508 e. The summed E-state index contributed by atoms with van der Waals surface area (Å²) in [5.74, 6) is 1.88. The van der Waals surface area contributed by atoms with E-state index in [1.165, 1.54) is 0 Å². The molecule has 114 valence electrons. The summed E-state index contributed by atoms with van der Waals surface area (Å²) in [4.78, 5) is 0. The molecule has 0 aliphatic rings. The molecule has 0 amide bonds. The van der Waals surface area contributed by atoms with Crippen LogP contribution in [0.5, 0.6) is 11.5 Å². The first kappa shape index (κ1) is 14.5. The molecule has 0 saturated carbocycles. The molecule has 0 aliphatic heterocycles. The van der Waals surface area contributed by atoms with E-state index in [9.17, 15) is 5.11 Å². The van der Waals surface area contributed by atoms with Crippen molar-refractivity contribution in [3.05, 3.63) is 59.9 Å². The van der Waals surface area contributed by atoms with Gasteiger partial charge in [-0.25, -0.2) is 0 Å². The summed E-state index contributed by atoms with van der Waals surface area (Å²) >= 11 is 0. The van der Waals surface area contributed by atoms with E-state index >= 15 is 0 Å². The van der Waals surface area contributed by atoms with Crippen molar-refractivity contribution in [3.63, 3.8) is 0 Å². The fourth-order valence-corrected chi connectivity index (χ4v) is 2.47. The smallest absolute Gasteiger partial charge is 0.176 e. The van der Waals surface area contributed by atoms with Crippen molar-refractivity contribution in [2.75, 3.05) is 7.11 Å². The molecule has 1 atom stereocenters. The second kappa shape index (κ2) is 6.12. The zero-order valence-electron chi connectivity index (χ0n) is 12.7. The topological polar surface area (TPSA) is 54.6 Å². The number of benzene rings is 2. The first-order valence-electron chi connectivity index (χ1n) is 7.25. The predicted octanol–water partition coefficient (Wildman–Crippen LogP) is 4.00. The highest BCUT2D eigenvalue weighted by Gasteiger charge is 2.13. The Balaban J connectivity index is 1.76. The molecule has 2 aromatic carbocycles. The molecule has 0 radical (unpaired) electrons. The van der Waals surface area contributed by atoms with Crippen molar-refractivity contribution in [3.8, 4) is 11.5 Å². The zero-order valence-corrected chi connectivity index (χ0v) is 12.7. The second-order valence-electron chi connectivity index (χ2n) is 5.30. The van der Waals surface area contributed by atoms with E-state index in [0.29, 0.717) is 6.54 Å². The average Bonchev–Trinajstić information content (AvgIpc) is 2.96. The van der Waals surface area contributed by atoms with E-state index in [0.717, 1.165) is 28.0 Å². The van der Waals surface area contributed by atoms with Gasteiger partial charge < -0.3 is 19.6 Å². The van der Waals surface area contributed by atoms with Crippen LogP contribution in [0.1, 0.15) is 24.3 Å². The largest absolute Gasteiger partial charge is 0.508 e. The maximum absolute atomic E-state index is 9.49. The molecule has 22 heavy (non-hydrogen) atoms. The molecule has 1 heterocycles. The van der Waals surface area contributed by atoms with Gasteiger partial charge in [-0.3, -0.25) is 0 Å². The van der Waals surface area contributed by atoms with Crippen molar-refractivity contribution in [1.82, 2.24) is 5.32 Å². The van der Waals surface area contributed by atoms with Crippen molar-refractivity contribution in [2.24, 2.45) is 0 Å². The minimum atomic E-state index is 0.0551. The van der Waals surface area contributed by atoms with Gasteiger partial charge in [-0.1, -0.05) is 24.3 Å². The van der Waals surface area contributed by atoms with Crippen molar-refractivity contribution >= 4 is 11.0 Å². The van der Waals surface area contributed by atoms with Crippen molar-refractivity contribution in [1.29, 1.82) is 0 Å². The first-order valence-corrected chi connectivity index (χ1v) is 7.25. The van der Waals surface area contributed by atoms with Gasteiger partial charge in [0.05, 0.1) is 13.2 Å². The number of phenols is 1. The van der Waals surface area contributed by atoms with Gasteiger partial charge in [0, 0.05) is 11.9 Å². The summed E-state index contributed by atoms with van der Waals surface area (Å²) < 4.78 is 11.2. The van der Waals surface area contributed by atoms with Crippen LogP contribution in [0.25, 0.3) is 11.0 Å². The lowest BCUT2D eigenvalue weighted by atomic mass is 10.2. The van der Waals surface area contributed by atoms with Gasteiger partial charge in [-0.2, -0.15) is 0 Å². The molecule has 0 bridgehead atoms. The molecule has 1 aromatic heterocycles. The summed E-state index contributed by atoms with van der Waals surface area (Å²) in [6.45, 7) is 2.71. The molecule has 4 nitrogen and oxygen atoms in total. The highest BCUT2D eigenvalue weighted by Crippen LogP contribution is 2.30. The fraction of sp³-hybridized carbons (Fsp3) is 0.222. The average molecular weight is 297 g/mol. The highest BCUT2D eigenvalue weighted by molar-refractivity contribution is 5.83. The van der Waals surface area contributed by atoms with Gasteiger partial charge in [0.25, 0.3) is 0 Å². The minimum absolute atomic E-state index is 0.0551. The van der Waals surface area contributed by atoms with Crippen molar-refractivity contribution < 1.29 is 14.3 Å². The summed E-state index contributed by atoms with van der Waals surface area (Å²) in [7, 11) is 1.64. The third-order valence-corrected chi connectivity index (χ3v) is 3.70. The monoisotopic (exact) mass is 297 g/mol. The van der Waals surface area contributed by atoms with E-state index in [4.69, 9.17) is 9.15 Å². The number of phenolic OH excluding ortho intramolecular Hbond substituents is 1. The Morgan fingerprint density at radius 1 is 1.18 bits per heavy atom. The Morgan fingerprint density at radius 3 is 2.77 bits per heavy atom. The number of ether oxygens (including phenoxy) is 1. The molecule has 3 aromatic rings. The quantitative estimate of drug-likeness (QED) is 0.747. The molecular weight excluding hydrogens is 278 g/mol. The fourth-order valence-electron chi connectivity index (χ4n) is 2.47. The van der Waals surface area contributed by atoms with Crippen LogP contribution in [-0.4, -0.2) is 12.2 Å². The number of hydrogen-bond donors (Lipinski definition) is 2. The number of fused-ring (bicyclic) bond motifs is 1. The normalized spacial score (nSPS) is 12.5. The van der Waals surface area contributed by atoms with Crippen molar-refractivity contribution in [2.45, 2.75) is 19.5 Å². The van der Waals surface area contributed by atoms with Gasteiger partial charge in [0.1, 0.15) is 11.5 Å². The Labute approximate surface area is 129 Å². The highest BCUT2D eigenvalue weighted by atomic mass is 16.5. The lowest BCUT2D eigenvalue weighted by molar-refractivity contribution is 0.399. The van der Waals surface area contributed by atoms with E-state index in [1.54, 1.807) is 19.2 Å².